The molecule has 1 aliphatic rings. The predicted octanol–water partition coefficient (Wildman–Crippen LogP) is 2.36. The molecule has 2 aromatic heterocycles. The summed E-state index contributed by atoms with van der Waals surface area (Å²) < 4.78 is 5.00. The molecule has 0 atom stereocenters. The van der Waals surface area contributed by atoms with Crippen LogP contribution < -0.4 is 0 Å². The van der Waals surface area contributed by atoms with Gasteiger partial charge in [-0.15, -0.1) is 11.3 Å². The monoisotopic (exact) mass is 374 g/mol. The third kappa shape index (κ3) is 4.19. The summed E-state index contributed by atoms with van der Waals surface area (Å²) in [6.45, 7) is 6.14. The molecule has 1 aliphatic heterocycles. The van der Waals surface area contributed by atoms with Crippen LogP contribution in [0.5, 0.6) is 0 Å². The molecule has 8 heteroatoms. The summed E-state index contributed by atoms with van der Waals surface area (Å²) in [5, 5.41) is 0.832. The van der Waals surface area contributed by atoms with Crippen LogP contribution in [0.3, 0.4) is 0 Å². The fraction of sp³-hybridized carbons (Fsp3) is 0.444. The molecule has 138 valence electrons. The third-order valence-corrected chi connectivity index (χ3v) is 5.43. The Balaban J connectivity index is 1.59. The summed E-state index contributed by atoms with van der Waals surface area (Å²) in [5.74, 6) is 0.0628. The molecular formula is C18H22N4O3S. The van der Waals surface area contributed by atoms with Gasteiger partial charge in [0, 0.05) is 37.3 Å². The molecule has 0 aliphatic carbocycles. The zero-order valence-electron chi connectivity index (χ0n) is 15.0. The zero-order chi connectivity index (χ0) is 18.5. The molecule has 1 fully saturated rings. The average Bonchev–Trinajstić information content (AvgIpc) is 3.03. The first-order valence-electron chi connectivity index (χ1n) is 8.65. The number of carbonyl (C=O) groups is 2. The number of ether oxygens (including phenoxy) is 1. The summed E-state index contributed by atoms with van der Waals surface area (Å²) >= 11 is 1.51. The molecule has 0 bridgehead atoms. The molecule has 7 nitrogen and oxygen atoms in total. The topological polar surface area (TPSA) is 75.6 Å². The quantitative estimate of drug-likeness (QED) is 0.821. The number of pyridine rings is 1. The van der Waals surface area contributed by atoms with E-state index in [4.69, 9.17) is 4.74 Å². The number of piperazine rings is 1. The van der Waals surface area contributed by atoms with Gasteiger partial charge >= 0.3 is 6.09 Å². The van der Waals surface area contributed by atoms with Crippen molar-refractivity contribution in [2.24, 2.45) is 0 Å². The second-order valence-corrected chi connectivity index (χ2v) is 7.07. The van der Waals surface area contributed by atoms with E-state index in [1.807, 2.05) is 25.1 Å². The Kier molecular flexibility index (Phi) is 5.82. The van der Waals surface area contributed by atoms with Gasteiger partial charge in [-0.25, -0.2) is 9.78 Å². The minimum absolute atomic E-state index is 0.0628. The Bertz CT molecular complexity index is 770. The summed E-state index contributed by atoms with van der Waals surface area (Å²) in [6, 6.07) is 5.70. The second-order valence-electron chi connectivity index (χ2n) is 5.99. The molecule has 0 N–H and O–H groups in total. The van der Waals surface area contributed by atoms with Gasteiger partial charge in [0.1, 0.15) is 5.01 Å². The minimum atomic E-state index is -0.307. The summed E-state index contributed by atoms with van der Waals surface area (Å²) in [4.78, 5) is 37.6. The molecular weight excluding hydrogens is 352 g/mol. The van der Waals surface area contributed by atoms with Crippen molar-refractivity contribution in [2.75, 3.05) is 32.8 Å². The van der Waals surface area contributed by atoms with Crippen molar-refractivity contribution in [3.05, 3.63) is 35.0 Å². The Labute approximate surface area is 156 Å². The van der Waals surface area contributed by atoms with Gasteiger partial charge in [0.15, 0.2) is 0 Å². The Morgan fingerprint density at radius 1 is 1.19 bits per heavy atom. The number of thiazole rings is 1. The average molecular weight is 374 g/mol. The first-order valence-corrected chi connectivity index (χ1v) is 9.47. The van der Waals surface area contributed by atoms with Gasteiger partial charge < -0.3 is 14.5 Å². The molecule has 3 rings (SSSR count). The van der Waals surface area contributed by atoms with Crippen LogP contribution in [0.25, 0.3) is 10.7 Å². The van der Waals surface area contributed by atoms with E-state index in [2.05, 4.69) is 9.97 Å². The van der Waals surface area contributed by atoms with Crippen molar-refractivity contribution in [1.82, 2.24) is 19.8 Å². The fourth-order valence-corrected chi connectivity index (χ4v) is 3.82. The van der Waals surface area contributed by atoms with Crippen molar-refractivity contribution in [1.29, 1.82) is 0 Å². The maximum atomic E-state index is 12.6. The first-order chi connectivity index (χ1) is 12.6. The number of amides is 2. The standard InChI is InChI=1S/C18H22N4O3S/c1-3-25-18(24)22-10-8-21(9-11-22)16(23)12-15-13(2)20-17(26-15)14-6-4-5-7-19-14/h4-7H,3,8-12H2,1-2H3. The van der Waals surface area contributed by atoms with E-state index in [-0.39, 0.29) is 12.0 Å². The van der Waals surface area contributed by atoms with Crippen LogP contribution >= 0.6 is 11.3 Å². The number of hydrogen-bond acceptors (Lipinski definition) is 6. The fourth-order valence-electron chi connectivity index (χ4n) is 2.79. The van der Waals surface area contributed by atoms with Crippen LogP contribution in [0.2, 0.25) is 0 Å². The Morgan fingerprint density at radius 2 is 1.92 bits per heavy atom. The van der Waals surface area contributed by atoms with Crippen molar-refractivity contribution in [3.63, 3.8) is 0 Å². The van der Waals surface area contributed by atoms with Gasteiger partial charge in [-0.2, -0.15) is 0 Å². The number of hydrogen-bond donors (Lipinski definition) is 0. The normalized spacial score (nSPS) is 14.4. The lowest BCUT2D eigenvalue weighted by atomic mass is 10.2. The van der Waals surface area contributed by atoms with Crippen LogP contribution in [0, 0.1) is 6.92 Å². The van der Waals surface area contributed by atoms with Gasteiger partial charge in [0.25, 0.3) is 0 Å². The van der Waals surface area contributed by atoms with E-state index < -0.39 is 0 Å². The summed E-state index contributed by atoms with van der Waals surface area (Å²) in [6.07, 6.45) is 1.76. The van der Waals surface area contributed by atoms with Gasteiger partial charge in [0.2, 0.25) is 5.91 Å². The lowest BCUT2D eigenvalue weighted by Crippen LogP contribution is -2.51. The minimum Gasteiger partial charge on any atom is -0.450 e. The lowest BCUT2D eigenvalue weighted by molar-refractivity contribution is -0.132. The van der Waals surface area contributed by atoms with E-state index in [0.717, 1.165) is 21.3 Å². The van der Waals surface area contributed by atoms with Crippen molar-refractivity contribution >= 4 is 23.3 Å². The maximum Gasteiger partial charge on any atom is 0.409 e. The van der Waals surface area contributed by atoms with Gasteiger partial charge in [-0.05, 0) is 26.0 Å². The van der Waals surface area contributed by atoms with Crippen molar-refractivity contribution < 1.29 is 14.3 Å². The van der Waals surface area contributed by atoms with E-state index >= 15 is 0 Å². The number of nitrogens with zero attached hydrogens (tertiary/aromatic N) is 4. The number of carbonyl (C=O) groups excluding carboxylic acids is 2. The molecule has 0 saturated carbocycles. The van der Waals surface area contributed by atoms with E-state index in [1.165, 1.54) is 11.3 Å². The predicted molar refractivity (Wildman–Crippen MR) is 99.0 cm³/mol. The summed E-state index contributed by atoms with van der Waals surface area (Å²) in [5.41, 5.74) is 1.69. The molecule has 2 amide bonds. The highest BCUT2D eigenvalue weighted by atomic mass is 32.1. The van der Waals surface area contributed by atoms with E-state index in [1.54, 1.807) is 22.9 Å². The molecule has 2 aromatic rings. The largest absolute Gasteiger partial charge is 0.450 e. The highest BCUT2D eigenvalue weighted by Crippen LogP contribution is 2.27. The van der Waals surface area contributed by atoms with Crippen molar-refractivity contribution in [2.45, 2.75) is 20.3 Å². The van der Waals surface area contributed by atoms with Crippen molar-refractivity contribution in [3.8, 4) is 10.7 Å². The second kappa shape index (κ2) is 8.27. The molecule has 3 heterocycles. The molecule has 0 aromatic carbocycles. The molecule has 0 unspecified atom stereocenters. The number of aryl methyl sites for hydroxylation is 1. The Hall–Kier alpha value is -2.48. The molecule has 0 radical (unpaired) electrons. The highest BCUT2D eigenvalue weighted by molar-refractivity contribution is 7.15. The molecule has 0 spiro atoms. The van der Waals surface area contributed by atoms with Gasteiger partial charge in [-0.3, -0.25) is 9.78 Å². The zero-order valence-corrected chi connectivity index (χ0v) is 15.8. The van der Waals surface area contributed by atoms with Gasteiger partial charge in [-0.1, -0.05) is 6.07 Å². The lowest BCUT2D eigenvalue weighted by Gasteiger charge is -2.34. The summed E-state index contributed by atoms with van der Waals surface area (Å²) in [7, 11) is 0. The SMILES string of the molecule is CCOC(=O)N1CCN(C(=O)Cc2sc(-c3ccccn3)nc2C)CC1. The molecule has 1 saturated heterocycles. The first kappa shape index (κ1) is 18.3. The van der Waals surface area contributed by atoms with E-state index in [0.29, 0.717) is 39.2 Å². The van der Waals surface area contributed by atoms with Crippen LogP contribution in [-0.4, -0.2) is 64.6 Å². The van der Waals surface area contributed by atoms with Crippen LogP contribution in [-0.2, 0) is 16.0 Å². The van der Waals surface area contributed by atoms with E-state index in [9.17, 15) is 9.59 Å². The number of rotatable bonds is 4. The third-order valence-electron chi connectivity index (χ3n) is 4.25. The van der Waals surface area contributed by atoms with Crippen LogP contribution in [0.15, 0.2) is 24.4 Å². The smallest absolute Gasteiger partial charge is 0.409 e. The maximum absolute atomic E-state index is 12.6. The molecule has 26 heavy (non-hydrogen) atoms. The Morgan fingerprint density at radius 3 is 2.58 bits per heavy atom. The number of aromatic nitrogens is 2. The van der Waals surface area contributed by atoms with Crippen LogP contribution in [0.4, 0.5) is 4.79 Å². The van der Waals surface area contributed by atoms with Gasteiger partial charge in [0.05, 0.1) is 24.4 Å². The highest BCUT2D eigenvalue weighted by Gasteiger charge is 2.25. The van der Waals surface area contributed by atoms with Crippen LogP contribution in [0.1, 0.15) is 17.5 Å².